The van der Waals surface area contributed by atoms with E-state index in [-0.39, 0.29) is 40.4 Å². The number of hydrogen-bond acceptors (Lipinski definition) is 4. The van der Waals surface area contributed by atoms with Gasteiger partial charge in [-0.25, -0.2) is 0 Å². The molecular weight excluding hydrogens is 423 g/mol. The first-order chi connectivity index (χ1) is 14.5. The van der Waals surface area contributed by atoms with Gasteiger partial charge < -0.3 is 13.9 Å². The van der Waals surface area contributed by atoms with Gasteiger partial charge in [-0.1, -0.05) is 71.2 Å². The van der Waals surface area contributed by atoms with Crippen molar-refractivity contribution in [1.82, 2.24) is 0 Å². The molecule has 0 bridgehead atoms. The van der Waals surface area contributed by atoms with Gasteiger partial charge in [0.05, 0.1) is 10.4 Å². The van der Waals surface area contributed by atoms with Crippen molar-refractivity contribution in [3.8, 4) is 22.8 Å². The second-order valence-electron chi connectivity index (χ2n) is 6.73. The van der Waals surface area contributed by atoms with Crippen LogP contribution in [0.3, 0.4) is 0 Å². The second kappa shape index (κ2) is 8.82. The van der Waals surface area contributed by atoms with Gasteiger partial charge in [0.25, 0.3) is 0 Å². The minimum atomic E-state index is -0.338. The van der Waals surface area contributed by atoms with Crippen molar-refractivity contribution in [2.75, 3.05) is 13.2 Å². The van der Waals surface area contributed by atoms with Crippen LogP contribution in [0.5, 0.6) is 11.5 Å². The zero-order valence-corrected chi connectivity index (χ0v) is 17.7. The van der Waals surface area contributed by atoms with E-state index in [1.165, 1.54) is 6.07 Å². The molecule has 0 atom stereocenters. The highest BCUT2D eigenvalue weighted by molar-refractivity contribution is 6.38. The van der Waals surface area contributed by atoms with Crippen LogP contribution in [0.2, 0.25) is 10.0 Å². The van der Waals surface area contributed by atoms with Crippen LogP contribution in [0.25, 0.3) is 22.3 Å². The van der Waals surface area contributed by atoms with Crippen molar-refractivity contribution in [1.29, 1.82) is 0 Å². The fraction of sp³-hybridized carbons (Fsp3) is 0.125. The fourth-order valence-corrected chi connectivity index (χ4v) is 3.59. The first-order valence-electron chi connectivity index (χ1n) is 9.36. The summed E-state index contributed by atoms with van der Waals surface area (Å²) in [6.45, 7) is 2.44. The van der Waals surface area contributed by atoms with E-state index in [0.717, 1.165) is 11.3 Å². The Morgan fingerprint density at radius 3 is 2.33 bits per heavy atom. The lowest BCUT2D eigenvalue weighted by Crippen LogP contribution is -2.15. The molecule has 1 aromatic heterocycles. The molecule has 30 heavy (non-hydrogen) atoms. The zero-order chi connectivity index (χ0) is 21.1. The summed E-state index contributed by atoms with van der Waals surface area (Å²) in [6.07, 6.45) is 0. The first-order valence-corrected chi connectivity index (χ1v) is 10.1. The van der Waals surface area contributed by atoms with Crippen molar-refractivity contribution in [2.45, 2.75) is 6.92 Å². The first kappa shape index (κ1) is 20.3. The van der Waals surface area contributed by atoms with E-state index >= 15 is 0 Å². The lowest BCUT2D eigenvalue weighted by molar-refractivity contribution is 0.214. The monoisotopic (exact) mass is 440 g/mol. The second-order valence-corrected chi connectivity index (χ2v) is 7.57. The number of hydrogen-bond donors (Lipinski definition) is 0. The number of rotatable bonds is 6. The molecule has 0 N–H and O–H groups in total. The largest absolute Gasteiger partial charge is 0.490 e. The van der Waals surface area contributed by atoms with Crippen LogP contribution in [-0.4, -0.2) is 13.2 Å². The van der Waals surface area contributed by atoms with Crippen LogP contribution in [0.15, 0.2) is 75.9 Å². The van der Waals surface area contributed by atoms with Crippen LogP contribution >= 0.6 is 23.2 Å². The molecule has 0 aliphatic carbocycles. The molecule has 0 saturated heterocycles. The van der Waals surface area contributed by atoms with E-state index in [4.69, 9.17) is 37.1 Å². The zero-order valence-electron chi connectivity index (χ0n) is 16.2. The van der Waals surface area contributed by atoms with Gasteiger partial charge in [0.2, 0.25) is 11.2 Å². The van der Waals surface area contributed by atoms with Crippen LogP contribution in [0, 0.1) is 6.92 Å². The summed E-state index contributed by atoms with van der Waals surface area (Å²) in [6, 6.07) is 20.0. The molecule has 0 unspecified atom stereocenters. The molecule has 0 amide bonds. The number of fused-ring (bicyclic) bond motifs is 1. The summed E-state index contributed by atoms with van der Waals surface area (Å²) in [5.41, 5.74) is 1.79. The maximum Gasteiger partial charge on any atom is 0.235 e. The van der Waals surface area contributed by atoms with Crippen molar-refractivity contribution in [3.63, 3.8) is 0 Å². The van der Waals surface area contributed by atoms with Crippen molar-refractivity contribution < 1.29 is 13.9 Å². The highest BCUT2D eigenvalue weighted by atomic mass is 35.5. The van der Waals surface area contributed by atoms with Crippen LogP contribution in [0.4, 0.5) is 0 Å². The summed E-state index contributed by atoms with van der Waals surface area (Å²) in [5, 5.41) is 0.878. The third-order valence-corrected chi connectivity index (χ3v) is 5.02. The normalized spacial score (nSPS) is 10.9. The number of ether oxygens (including phenoxy) is 2. The van der Waals surface area contributed by atoms with E-state index in [2.05, 4.69) is 0 Å². The summed E-state index contributed by atoms with van der Waals surface area (Å²) in [7, 11) is 0. The van der Waals surface area contributed by atoms with Crippen LogP contribution < -0.4 is 14.9 Å². The lowest BCUT2D eigenvalue weighted by atomic mass is 10.1. The van der Waals surface area contributed by atoms with Gasteiger partial charge in [-0.2, -0.15) is 0 Å². The summed E-state index contributed by atoms with van der Waals surface area (Å²) in [5.74, 6) is 1.14. The molecule has 0 aliphatic rings. The predicted molar refractivity (Wildman–Crippen MR) is 120 cm³/mol. The number of benzene rings is 3. The van der Waals surface area contributed by atoms with Gasteiger partial charge in [-0.15, -0.1) is 0 Å². The summed E-state index contributed by atoms with van der Waals surface area (Å²) < 4.78 is 17.5. The Bertz CT molecular complexity index is 1230. The predicted octanol–water partition coefficient (Wildman–Crippen LogP) is 6.53. The van der Waals surface area contributed by atoms with Gasteiger partial charge in [-0.3, -0.25) is 4.79 Å². The molecule has 0 saturated carbocycles. The highest BCUT2D eigenvalue weighted by Crippen LogP contribution is 2.34. The Kier molecular flexibility index (Phi) is 5.98. The standard InChI is InChI=1S/C24H18Cl2O4/c1-15-7-9-18(10-8-15)28-11-12-29-24-21(27)19-13-17(25)14-20(26)23(19)30-22(24)16-5-3-2-4-6-16/h2-10,13-14H,11-12H2,1H3. The Balaban J connectivity index is 1.67. The molecule has 6 heteroatoms. The quantitative estimate of drug-likeness (QED) is 0.319. The molecule has 4 nitrogen and oxygen atoms in total. The maximum absolute atomic E-state index is 13.2. The van der Waals surface area contributed by atoms with E-state index in [1.807, 2.05) is 61.5 Å². The van der Waals surface area contributed by atoms with Crippen molar-refractivity contribution >= 4 is 34.2 Å². The van der Waals surface area contributed by atoms with Gasteiger partial charge in [0, 0.05) is 10.6 Å². The van der Waals surface area contributed by atoms with E-state index in [9.17, 15) is 4.79 Å². The average molecular weight is 441 g/mol. The van der Waals surface area contributed by atoms with Crippen LogP contribution in [-0.2, 0) is 0 Å². The Hall–Kier alpha value is -2.95. The molecule has 152 valence electrons. The molecular formula is C24H18Cl2O4. The Morgan fingerprint density at radius 2 is 1.60 bits per heavy atom. The average Bonchev–Trinajstić information content (AvgIpc) is 2.74. The number of halogens is 2. The number of aryl methyl sites for hydroxylation is 1. The lowest BCUT2D eigenvalue weighted by Gasteiger charge is -2.13. The Morgan fingerprint density at radius 1 is 0.900 bits per heavy atom. The maximum atomic E-state index is 13.2. The highest BCUT2D eigenvalue weighted by Gasteiger charge is 2.19. The minimum absolute atomic E-state index is 0.0968. The van der Waals surface area contributed by atoms with Gasteiger partial charge in [-0.05, 0) is 31.2 Å². The molecule has 4 rings (SSSR count). The SMILES string of the molecule is Cc1ccc(OCCOc2c(-c3ccccc3)oc3c(Cl)cc(Cl)cc3c2=O)cc1. The van der Waals surface area contributed by atoms with E-state index in [0.29, 0.717) is 16.3 Å². The van der Waals surface area contributed by atoms with Gasteiger partial charge >= 0.3 is 0 Å². The third kappa shape index (κ3) is 4.30. The van der Waals surface area contributed by atoms with E-state index < -0.39 is 0 Å². The smallest absolute Gasteiger partial charge is 0.235 e. The molecule has 0 radical (unpaired) electrons. The Labute approximate surface area is 183 Å². The third-order valence-electron chi connectivity index (χ3n) is 4.53. The summed E-state index contributed by atoms with van der Waals surface area (Å²) in [4.78, 5) is 13.2. The summed E-state index contributed by atoms with van der Waals surface area (Å²) >= 11 is 12.4. The fourth-order valence-electron chi connectivity index (χ4n) is 3.05. The van der Waals surface area contributed by atoms with E-state index in [1.54, 1.807) is 6.07 Å². The van der Waals surface area contributed by atoms with Crippen LogP contribution in [0.1, 0.15) is 5.56 Å². The molecule has 0 fully saturated rings. The van der Waals surface area contributed by atoms with Crippen molar-refractivity contribution in [2.24, 2.45) is 0 Å². The molecule has 4 aromatic rings. The minimum Gasteiger partial charge on any atom is -0.490 e. The van der Waals surface area contributed by atoms with Gasteiger partial charge in [0.15, 0.2) is 11.3 Å². The van der Waals surface area contributed by atoms with Gasteiger partial charge in [0.1, 0.15) is 19.0 Å². The topological polar surface area (TPSA) is 48.7 Å². The van der Waals surface area contributed by atoms with Crippen molar-refractivity contribution in [3.05, 3.63) is 92.6 Å². The molecule has 1 heterocycles. The molecule has 0 spiro atoms. The molecule has 3 aromatic carbocycles. The molecule has 0 aliphatic heterocycles.